The molecule has 0 radical (unpaired) electrons. The first-order valence-corrected chi connectivity index (χ1v) is 10.1. The van der Waals surface area contributed by atoms with Crippen molar-refractivity contribution in [3.8, 4) is 5.69 Å². The van der Waals surface area contributed by atoms with Crippen molar-refractivity contribution in [2.24, 2.45) is 11.8 Å². The zero-order valence-electron chi connectivity index (χ0n) is 15.9. The van der Waals surface area contributed by atoms with Crippen LogP contribution in [0.2, 0.25) is 0 Å². The predicted octanol–water partition coefficient (Wildman–Crippen LogP) is 2.03. The lowest BCUT2D eigenvalue weighted by atomic mass is 9.74. The van der Waals surface area contributed by atoms with Crippen molar-refractivity contribution in [1.29, 1.82) is 0 Å². The zero-order valence-corrected chi connectivity index (χ0v) is 15.9. The van der Waals surface area contributed by atoms with E-state index >= 15 is 0 Å². The fourth-order valence-electron chi connectivity index (χ4n) is 5.57. The van der Waals surface area contributed by atoms with Crippen LogP contribution >= 0.6 is 0 Å². The van der Waals surface area contributed by atoms with Crippen LogP contribution in [0.15, 0.2) is 48.9 Å². The molecule has 0 saturated carbocycles. The maximum absolute atomic E-state index is 13.2. The summed E-state index contributed by atoms with van der Waals surface area (Å²) in [7, 11) is 0. The Bertz CT molecular complexity index is 1100. The number of carbonyl (C=O) groups is 1. The Labute approximate surface area is 167 Å². The van der Waals surface area contributed by atoms with Crippen LogP contribution in [-0.2, 0) is 4.74 Å². The zero-order chi connectivity index (χ0) is 19.6. The number of fused-ring (bicyclic) bond motifs is 2. The maximum Gasteiger partial charge on any atom is 0.255 e. The van der Waals surface area contributed by atoms with Gasteiger partial charge in [0.1, 0.15) is 11.8 Å². The lowest BCUT2D eigenvalue weighted by Gasteiger charge is -2.27. The van der Waals surface area contributed by atoms with Gasteiger partial charge in [-0.25, -0.2) is 9.97 Å². The lowest BCUT2D eigenvalue weighted by Crippen LogP contribution is -2.38. The van der Waals surface area contributed by atoms with Gasteiger partial charge >= 0.3 is 0 Å². The summed E-state index contributed by atoms with van der Waals surface area (Å²) in [5.74, 6) is 0.328. The summed E-state index contributed by atoms with van der Waals surface area (Å²) in [5.41, 5.74) is 2.69. The molecular weight excluding hydrogens is 368 g/mol. The van der Waals surface area contributed by atoms with Crippen molar-refractivity contribution in [1.82, 2.24) is 19.4 Å². The number of hydrogen-bond acceptors (Lipinski definition) is 5. The van der Waals surface area contributed by atoms with E-state index in [4.69, 9.17) is 4.74 Å². The summed E-state index contributed by atoms with van der Waals surface area (Å²) in [6.45, 7) is 1.36. The molecule has 1 aromatic carbocycles. The molecule has 3 aromatic rings. The minimum Gasteiger partial charge on any atom is -0.396 e. The highest BCUT2D eigenvalue weighted by Crippen LogP contribution is 2.54. The molecule has 3 aliphatic rings. The van der Waals surface area contributed by atoms with Crippen LogP contribution in [0.25, 0.3) is 16.9 Å². The Morgan fingerprint density at radius 1 is 1.28 bits per heavy atom. The predicted molar refractivity (Wildman–Crippen MR) is 106 cm³/mol. The van der Waals surface area contributed by atoms with Crippen molar-refractivity contribution < 1.29 is 14.6 Å². The van der Waals surface area contributed by atoms with E-state index < -0.39 is 0 Å². The number of benzene rings is 1. The molecule has 1 amide bonds. The Balaban J connectivity index is 1.29. The van der Waals surface area contributed by atoms with Crippen LogP contribution < -0.4 is 0 Å². The van der Waals surface area contributed by atoms with E-state index in [1.54, 1.807) is 12.5 Å². The Kier molecular flexibility index (Phi) is 3.61. The Morgan fingerprint density at radius 2 is 2.14 bits per heavy atom. The quantitative estimate of drug-likeness (QED) is 0.740. The van der Waals surface area contributed by atoms with Crippen molar-refractivity contribution in [2.45, 2.75) is 24.5 Å². The minimum absolute atomic E-state index is 0.0406. The van der Waals surface area contributed by atoms with Crippen LogP contribution in [-0.4, -0.2) is 61.9 Å². The molecule has 0 aliphatic carbocycles. The molecular formula is C22H22N4O3. The van der Waals surface area contributed by atoms with E-state index in [0.717, 1.165) is 24.2 Å². The summed E-state index contributed by atoms with van der Waals surface area (Å²) in [5, 5.41) is 9.78. The number of amides is 1. The summed E-state index contributed by atoms with van der Waals surface area (Å²) < 4.78 is 8.16. The monoisotopic (exact) mass is 390 g/mol. The van der Waals surface area contributed by atoms with Gasteiger partial charge in [0, 0.05) is 36.9 Å². The van der Waals surface area contributed by atoms with Gasteiger partial charge in [-0.05, 0) is 31.0 Å². The second-order valence-electron chi connectivity index (χ2n) is 8.42. The number of nitrogens with zero attached hydrogens (tertiary/aromatic N) is 4. The highest BCUT2D eigenvalue weighted by atomic mass is 16.5. The lowest BCUT2D eigenvalue weighted by molar-refractivity contribution is 0.00154. The highest BCUT2D eigenvalue weighted by Gasteiger charge is 2.63. The van der Waals surface area contributed by atoms with Gasteiger partial charge in [-0.15, -0.1) is 0 Å². The molecule has 7 heteroatoms. The van der Waals surface area contributed by atoms with Crippen molar-refractivity contribution >= 4 is 17.1 Å². The molecule has 4 atom stereocenters. The fraction of sp³-hybridized carbons (Fsp3) is 0.409. The van der Waals surface area contributed by atoms with Crippen LogP contribution in [0.1, 0.15) is 23.2 Å². The number of imidazole rings is 1. The fourth-order valence-corrected chi connectivity index (χ4v) is 5.57. The molecule has 3 aliphatic heterocycles. The third kappa shape index (κ3) is 2.41. The number of para-hydroxylation sites is 1. The van der Waals surface area contributed by atoms with Gasteiger partial charge in [0.15, 0.2) is 5.65 Å². The van der Waals surface area contributed by atoms with Crippen LogP contribution in [0.4, 0.5) is 0 Å². The van der Waals surface area contributed by atoms with Crippen LogP contribution in [0.3, 0.4) is 0 Å². The van der Waals surface area contributed by atoms with E-state index in [2.05, 4.69) is 9.97 Å². The van der Waals surface area contributed by atoms with Crippen molar-refractivity contribution in [2.75, 3.05) is 19.7 Å². The van der Waals surface area contributed by atoms with Gasteiger partial charge in [0.25, 0.3) is 5.91 Å². The molecule has 3 saturated heterocycles. The first kappa shape index (κ1) is 17.1. The van der Waals surface area contributed by atoms with Crippen molar-refractivity contribution in [3.05, 3.63) is 54.5 Å². The van der Waals surface area contributed by atoms with Gasteiger partial charge in [-0.1, -0.05) is 18.2 Å². The van der Waals surface area contributed by atoms with Crippen LogP contribution in [0, 0.1) is 11.8 Å². The van der Waals surface area contributed by atoms with E-state index in [1.165, 1.54) is 0 Å². The molecule has 6 rings (SSSR count). The van der Waals surface area contributed by atoms with Gasteiger partial charge in [0.2, 0.25) is 0 Å². The molecule has 1 spiro atoms. The highest BCUT2D eigenvalue weighted by molar-refractivity contribution is 5.96. The molecule has 148 valence electrons. The number of rotatable bonds is 3. The molecule has 7 nitrogen and oxygen atoms in total. The number of ether oxygens (including phenoxy) is 1. The van der Waals surface area contributed by atoms with Gasteiger partial charge in [0.05, 0.1) is 23.8 Å². The average molecular weight is 390 g/mol. The number of pyridine rings is 1. The molecule has 0 unspecified atom stereocenters. The average Bonchev–Trinajstić information content (AvgIpc) is 3.51. The first-order chi connectivity index (χ1) is 14.2. The topological polar surface area (TPSA) is 80.5 Å². The van der Waals surface area contributed by atoms with Gasteiger partial charge < -0.3 is 14.7 Å². The summed E-state index contributed by atoms with van der Waals surface area (Å²) in [6.07, 6.45) is 5.48. The van der Waals surface area contributed by atoms with Gasteiger partial charge in [-0.2, -0.15) is 0 Å². The van der Waals surface area contributed by atoms with Crippen LogP contribution in [0.5, 0.6) is 0 Å². The van der Waals surface area contributed by atoms with Crippen molar-refractivity contribution in [3.63, 3.8) is 0 Å². The number of likely N-dealkylation sites (tertiary alicyclic amines) is 1. The summed E-state index contributed by atoms with van der Waals surface area (Å²) in [6, 6.07) is 11.7. The number of aliphatic hydroxyl groups is 1. The second kappa shape index (κ2) is 6.11. The van der Waals surface area contributed by atoms with Gasteiger partial charge in [-0.3, -0.25) is 9.36 Å². The smallest absolute Gasteiger partial charge is 0.255 e. The van der Waals surface area contributed by atoms with E-state index in [9.17, 15) is 9.90 Å². The third-order valence-corrected chi connectivity index (χ3v) is 6.95. The maximum atomic E-state index is 13.2. The first-order valence-electron chi connectivity index (χ1n) is 10.1. The second-order valence-corrected chi connectivity index (χ2v) is 8.42. The van der Waals surface area contributed by atoms with E-state index in [-0.39, 0.29) is 36.1 Å². The largest absolute Gasteiger partial charge is 0.396 e. The Hall–Kier alpha value is -2.77. The normalized spacial score (nSPS) is 30.2. The SMILES string of the molecule is O=C(c1cnc2c(c1)ncn2-c1ccccc1)N1C[C@H]2[C@@H](CO)[C@@H]3CC[C@@]2(C1)O3. The number of hydrogen-bond donors (Lipinski definition) is 1. The molecule has 1 N–H and O–H groups in total. The third-order valence-electron chi connectivity index (χ3n) is 6.95. The molecule has 5 heterocycles. The summed E-state index contributed by atoms with van der Waals surface area (Å²) in [4.78, 5) is 24.1. The molecule has 29 heavy (non-hydrogen) atoms. The Morgan fingerprint density at radius 3 is 2.97 bits per heavy atom. The molecule has 3 fully saturated rings. The van der Waals surface area contributed by atoms with E-state index in [0.29, 0.717) is 24.2 Å². The van der Waals surface area contributed by atoms with E-state index in [1.807, 2.05) is 45.9 Å². The molecule has 2 bridgehead atoms. The number of aliphatic hydroxyl groups excluding tert-OH is 1. The standard InChI is InChI=1S/C22H22N4O3/c27-11-16-17-10-25(12-22(17)7-6-19(16)29-22)21(28)14-8-18-20(23-9-14)26(13-24-18)15-4-2-1-3-5-15/h1-5,8-9,13,16-17,19,27H,6-7,10-12H2/t16-,17+,19+,22+/m1/s1. The number of carbonyl (C=O) groups excluding carboxylic acids is 1. The number of aromatic nitrogens is 3. The minimum atomic E-state index is -0.264. The summed E-state index contributed by atoms with van der Waals surface area (Å²) >= 11 is 0. The molecule has 2 aromatic heterocycles.